The Morgan fingerprint density at radius 1 is 1.00 bits per heavy atom. The van der Waals surface area contributed by atoms with E-state index in [-0.39, 0.29) is 30.4 Å². The summed E-state index contributed by atoms with van der Waals surface area (Å²) < 4.78 is 21.8. The van der Waals surface area contributed by atoms with E-state index in [1.807, 2.05) is 30.9 Å². The molecule has 1 saturated heterocycles. The number of halogens is 4. The minimum atomic E-state index is -0.227. The summed E-state index contributed by atoms with van der Waals surface area (Å²) in [7, 11) is 0. The first-order valence-corrected chi connectivity index (χ1v) is 12.5. The van der Waals surface area contributed by atoms with Gasteiger partial charge in [-0.15, -0.1) is 0 Å². The minimum Gasteiger partial charge on any atom is -0.481 e. The number of carbonyl (C=O) groups is 1. The minimum absolute atomic E-state index is 0.0211. The van der Waals surface area contributed by atoms with Crippen molar-refractivity contribution in [3.63, 3.8) is 0 Å². The zero-order valence-electron chi connectivity index (χ0n) is 18.0. The van der Waals surface area contributed by atoms with Crippen LogP contribution in [-0.2, 0) is 11.3 Å². The van der Waals surface area contributed by atoms with Gasteiger partial charge in [-0.25, -0.2) is 4.39 Å². The Kier molecular flexibility index (Phi) is 8.21. The van der Waals surface area contributed by atoms with E-state index in [0.29, 0.717) is 12.3 Å². The number of hydrogen-bond acceptors (Lipinski definition) is 3. The summed E-state index contributed by atoms with van der Waals surface area (Å²) in [6, 6.07) is 6.87. The van der Waals surface area contributed by atoms with Gasteiger partial charge >= 0.3 is 0 Å². The molecule has 2 aromatic rings. The summed E-state index contributed by atoms with van der Waals surface area (Å²) in [6.45, 7) is 10.3. The van der Waals surface area contributed by atoms with Crippen molar-refractivity contribution in [1.82, 2.24) is 9.80 Å². The quantitative estimate of drug-likeness (QED) is 0.397. The molecule has 1 fully saturated rings. The van der Waals surface area contributed by atoms with E-state index in [1.54, 1.807) is 0 Å². The molecule has 2 atom stereocenters. The molecular weight excluding hydrogens is 595 g/mol. The van der Waals surface area contributed by atoms with Crippen molar-refractivity contribution in [3.8, 4) is 5.75 Å². The van der Waals surface area contributed by atoms with Crippen molar-refractivity contribution in [3.05, 3.63) is 60.2 Å². The maximum atomic E-state index is 13.2. The SMILES string of the molecule is Cc1c(Br)c(C)c(Br)c(OCC(=O)N2C[C@H](C)N(Cc3ccc(F)cc3)C[C@H]2C)c1Br. The second kappa shape index (κ2) is 10.3. The van der Waals surface area contributed by atoms with Gasteiger partial charge in [-0.3, -0.25) is 9.69 Å². The highest BCUT2D eigenvalue weighted by atomic mass is 79.9. The van der Waals surface area contributed by atoms with Crippen LogP contribution < -0.4 is 4.74 Å². The fourth-order valence-electron chi connectivity index (χ4n) is 3.84. The third kappa shape index (κ3) is 5.52. The Balaban J connectivity index is 1.64. The van der Waals surface area contributed by atoms with Crippen LogP contribution in [0.4, 0.5) is 4.39 Å². The van der Waals surface area contributed by atoms with Crippen molar-refractivity contribution in [1.29, 1.82) is 0 Å². The summed E-state index contributed by atoms with van der Waals surface area (Å²) in [4.78, 5) is 17.2. The van der Waals surface area contributed by atoms with Crippen LogP contribution in [0, 0.1) is 19.7 Å². The lowest BCUT2D eigenvalue weighted by Crippen LogP contribution is -2.58. The van der Waals surface area contributed by atoms with Crippen LogP contribution in [0.2, 0.25) is 0 Å². The smallest absolute Gasteiger partial charge is 0.260 e. The van der Waals surface area contributed by atoms with E-state index in [4.69, 9.17) is 4.74 Å². The van der Waals surface area contributed by atoms with Gasteiger partial charge in [-0.1, -0.05) is 28.1 Å². The first-order valence-electron chi connectivity index (χ1n) is 10.1. The molecule has 3 rings (SSSR count). The van der Waals surface area contributed by atoms with Crippen LogP contribution in [0.25, 0.3) is 0 Å². The number of ether oxygens (including phenoxy) is 1. The third-order valence-electron chi connectivity index (χ3n) is 5.79. The Morgan fingerprint density at radius 2 is 1.58 bits per heavy atom. The molecule has 0 spiro atoms. The van der Waals surface area contributed by atoms with Crippen molar-refractivity contribution in [2.75, 3.05) is 19.7 Å². The maximum absolute atomic E-state index is 13.2. The molecular formula is C23H26Br3FN2O2. The number of rotatable bonds is 5. The molecule has 4 nitrogen and oxygen atoms in total. The van der Waals surface area contributed by atoms with Gasteiger partial charge in [0.25, 0.3) is 5.91 Å². The third-order valence-corrected chi connectivity index (χ3v) is 8.89. The molecule has 1 heterocycles. The van der Waals surface area contributed by atoms with Gasteiger partial charge in [0, 0.05) is 36.2 Å². The molecule has 0 aliphatic carbocycles. The predicted octanol–water partition coefficient (Wildman–Crippen LogP) is 6.23. The van der Waals surface area contributed by atoms with Crippen LogP contribution in [0.5, 0.6) is 5.75 Å². The lowest BCUT2D eigenvalue weighted by molar-refractivity contribution is -0.139. The largest absolute Gasteiger partial charge is 0.481 e. The lowest BCUT2D eigenvalue weighted by atomic mass is 10.1. The highest BCUT2D eigenvalue weighted by molar-refractivity contribution is 9.11. The molecule has 1 aliphatic rings. The van der Waals surface area contributed by atoms with Crippen LogP contribution in [0.15, 0.2) is 37.7 Å². The van der Waals surface area contributed by atoms with Gasteiger partial charge < -0.3 is 9.64 Å². The van der Waals surface area contributed by atoms with Gasteiger partial charge in [-0.05, 0) is 88.4 Å². The Hall–Kier alpha value is -0.960. The number of amides is 1. The van der Waals surface area contributed by atoms with E-state index in [2.05, 4.69) is 66.5 Å². The highest BCUT2D eigenvalue weighted by Gasteiger charge is 2.32. The topological polar surface area (TPSA) is 32.8 Å². The van der Waals surface area contributed by atoms with E-state index in [9.17, 15) is 9.18 Å². The molecule has 8 heteroatoms. The zero-order chi connectivity index (χ0) is 22.9. The summed E-state index contributed by atoms with van der Waals surface area (Å²) in [5, 5.41) is 0. The first-order chi connectivity index (χ1) is 14.6. The standard InChI is InChI=1S/C23H26Br3FN2O2/c1-13-10-29(14(2)9-28(13)11-17-5-7-18(27)8-6-17)19(30)12-31-23-21(25)15(3)20(24)16(4)22(23)26/h5-8,13-14H,9-12H2,1-4H3/t13-,14+/m0/s1. The number of benzene rings is 2. The molecule has 1 aliphatic heterocycles. The molecule has 0 N–H and O–H groups in total. The normalized spacial score (nSPS) is 19.5. The first kappa shape index (κ1) is 24.7. The van der Waals surface area contributed by atoms with Crippen LogP contribution in [-0.4, -0.2) is 47.5 Å². The maximum Gasteiger partial charge on any atom is 0.260 e. The molecule has 2 aromatic carbocycles. The second-order valence-corrected chi connectivity index (χ2v) is 10.5. The summed E-state index contributed by atoms with van der Waals surface area (Å²) in [5.74, 6) is 0.384. The zero-order valence-corrected chi connectivity index (χ0v) is 22.8. The number of carbonyl (C=O) groups excluding carboxylic acids is 1. The number of nitrogens with zero attached hydrogens (tertiary/aromatic N) is 2. The Morgan fingerprint density at radius 3 is 2.16 bits per heavy atom. The molecule has 1 amide bonds. The van der Waals surface area contributed by atoms with E-state index < -0.39 is 0 Å². The Labute approximate surface area is 208 Å². The van der Waals surface area contributed by atoms with E-state index >= 15 is 0 Å². The number of piperazine rings is 1. The molecule has 0 aromatic heterocycles. The highest BCUT2D eigenvalue weighted by Crippen LogP contribution is 2.43. The van der Waals surface area contributed by atoms with Crippen LogP contribution in [0.3, 0.4) is 0 Å². The molecule has 0 radical (unpaired) electrons. The van der Waals surface area contributed by atoms with Gasteiger partial charge in [-0.2, -0.15) is 0 Å². The van der Waals surface area contributed by atoms with Crippen molar-refractivity contribution >= 4 is 53.7 Å². The fraction of sp³-hybridized carbons (Fsp3) is 0.435. The van der Waals surface area contributed by atoms with Gasteiger partial charge in [0.2, 0.25) is 0 Å². The Bertz CT molecular complexity index is 939. The van der Waals surface area contributed by atoms with Gasteiger partial charge in [0.05, 0.1) is 8.95 Å². The van der Waals surface area contributed by atoms with Crippen molar-refractivity contribution < 1.29 is 13.9 Å². The molecule has 0 unspecified atom stereocenters. The number of hydrogen-bond donors (Lipinski definition) is 0. The van der Waals surface area contributed by atoms with Crippen molar-refractivity contribution in [2.45, 2.75) is 46.3 Å². The lowest BCUT2D eigenvalue weighted by Gasteiger charge is -2.44. The predicted molar refractivity (Wildman–Crippen MR) is 132 cm³/mol. The molecule has 0 bridgehead atoms. The monoisotopic (exact) mass is 618 g/mol. The van der Waals surface area contributed by atoms with Gasteiger partial charge in [0.15, 0.2) is 6.61 Å². The van der Waals surface area contributed by atoms with Crippen molar-refractivity contribution in [2.24, 2.45) is 0 Å². The summed E-state index contributed by atoms with van der Waals surface area (Å²) >= 11 is 10.8. The van der Waals surface area contributed by atoms with Crippen LogP contribution in [0.1, 0.15) is 30.5 Å². The van der Waals surface area contributed by atoms with Gasteiger partial charge in [0.1, 0.15) is 11.6 Å². The summed E-state index contributed by atoms with van der Waals surface area (Å²) in [5.41, 5.74) is 3.12. The molecule has 31 heavy (non-hydrogen) atoms. The van der Waals surface area contributed by atoms with E-state index in [0.717, 1.165) is 43.2 Å². The molecule has 0 saturated carbocycles. The summed E-state index contributed by atoms with van der Waals surface area (Å²) in [6.07, 6.45) is 0. The average molecular weight is 621 g/mol. The fourth-order valence-corrected chi connectivity index (χ4v) is 6.06. The second-order valence-electron chi connectivity index (χ2n) is 8.11. The average Bonchev–Trinajstić information content (AvgIpc) is 2.74. The van der Waals surface area contributed by atoms with E-state index in [1.165, 1.54) is 12.1 Å². The molecule has 168 valence electrons. The van der Waals surface area contributed by atoms with Crippen LogP contribution >= 0.6 is 47.8 Å².